The molecule has 0 saturated carbocycles. The number of aromatic hydroxyl groups is 1. The second kappa shape index (κ2) is 3.83. The van der Waals surface area contributed by atoms with Crippen molar-refractivity contribution in [1.29, 1.82) is 0 Å². The maximum absolute atomic E-state index is 11.0. The minimum Gasteiger partial charge on any atom is -0.507 e. The van der Waals surface area contributed by atoms with Gasteiger partial charge in [0.1, 0.15) is 5.75 Å². The van der Waals surface area contributed by atoms with Gasteiger partial charge in [-0.25, -0.2) is 0 Å². The smallest absolute Gasteiger partial charge is 0.294 e. The first-order valence-corrected chi connectivity index (χ1v) is 6.06. The number of fused-ring (bicyclic) bond motifs is 1. The molecule has 0 spiro atoms. The van der Waals surface area contributed by atoms with Crippen LogP contribution in [0.1, 0.15) is 10.4 Å². The van der Waals surface area contributed by atoms with E-state index >= 15 is 0 Å². The van der Waals surface area contributed by atoms with E-state index in [-0.39, 0.29) is 16.7 Å². The van der Waals surface area contributed by atoms with Gasteiger partial charge in [-0.3, -0.25) is 9.35 Å². The Morgan fingerprint density at radius 3 is 2.47 bits per heavy atom. The van der Waals surface area contributed by atoms with E-state index in [1.165, 1.54) is 18.2 Å². The Kier molecular flexibility index (Phi) is 2.60. The van der Waals surface area contributed by atoms with Crippen molar-refractivity contribution in [2.75, 3.05) is 0 Å². The van der Waals surface area contributed by atoms with Gasteiger partial charge < -0.3 is 5.11 Å². The monoisotopic (exact) mass is 252 g/mol. The van der Waals surface area contributed by atoms with Crippen LogP contribution < -0.4 is 0 Å². The SMILES string of the molecule is O=Cc1cccc2cc(S(=O)(=O)O)cc(O)c12. The molecule has 0 saturated heterocycles. The summed E-state index contributed by atoms with van der Waals surface area (Å²) in [6.45, 7) is 0. The predicted octanol–water partition coefficient (Wildman–Crippen LogP) is 1.60. The molecular formula is C11H8O5S. The fraction of sp³-hybridized carbons (Fsp3) is 0. The molecule has 0 aliphatic heterocycles. The highest BCUT2D eigenvalue weighted by Crippen LogP contribution is 2.30. The molecule has 5 nitrogen and oxygen atoms in total. The minimum atomic E-state index is -4.38. The van der Waals surface area contributed by atoms with Crippen molar-refractivity contribution in [2.24, 2.45) is 0 Å². The molecule has 0 unspecified atom stereocenters. The molecule has 2 aromatic rings. The molecular weight excluding hydrogens is 244 g/mol. The molecule has 2 aromatic carbocycles. The number of phenolic OH excluding ortho intramolecular Hbond substituents is 1. The van der Waals surface area contributed by atoms with E-state index in [4.69, 9.17) is 4.55 Å². The molecule has 0 aromatic heterocycles. The van der Waals surface area contributed by atoms with Crippen LogP contribution >= 0.6 is 0 Å². The van der Waals surface area contributed by atoms with Crippen molar-refractivity contribution in [1.82, 2.24) is 0 Å². The molecule has 2 rings (SSSR count). The zero-order chi connectivity index (χ0) is 12.6. The van der Waals surface area contributed by atoms with Crippen LogP contribution in [0.2, 0.25) is 0 Å². The first kappa shape index (κ1) is 11.6. The molecule has 0 heterocycles. The normalized spacial score (nSPS) is 11.6. The Bertz CT molecular complexity index is 703. The maximum Gasteiger partial charge on any atom is 0.294 e. The number of phenols is 1. The van der Waals surface area contributed by atoms with Crippen LogP contribution in [0.25, 0.3) is 10.8 Å². The number of carbonyl (C=O) groups excluding carboxylic acids is 1. The van der Waals surface area contributed by atoms with Gasteiger partial charge in [-0.2, -0.15) is 8.42 Å². The van der Waals surface area contributed by atoms with E-state index in [9.17, 15) is 18.3 Å². The van der Waals surface area contributed by atoms with Crippen molar-refractivity contribution >= 4 is 27.2 Å². The Morgan fingerprint density at radius 2 is 1.88 bits per heavy atom. The fourth-order valence-electron chi connectivity index (χ4n) is 1.65. The third-order valence-electron chi connectivity index (χ3n) is 2.39. The standard InChI is InChI=1S/C11H8O5S/c12-6-8-3-1-2-7-4-9(17(14,15)16)5-10(13)11(7)8/h1-6,13H,(H,14,15,16). The lowest BCUT2D eigenvalue weighted by molar-refractivity contribution is 0.112. The zero-order valence-electron chi connectivity index (χ0n) is 8.49. The van der Waals surface area contributed by atoms with E-state index in [2.05, 4.69) is 0 Å². The summed E-state index contributed by atoms with van der Waals surface area (Å²) in [5.74, 6) is -0.363. The summed E-state index contributed by atoms with van der Waals surface area (Å²) in [4.78, 5) is 10.4. The highest BCUT2D eigenvalue weighted by molar-refractivity contribution is 7.85. The summed E-state index contributed by atoms with van der Waals surface area (Å²) in [5, 5.41) is 10.3. The van der Waals surface area contributed by atoms with Crippen LogP contribution in [0.3, 0.4) is 0 Å². The number of aldehydes is 1. The Balaban J connectivity index is 2.90. The molecule has 0 bridgehead atoms. The number of hydrogen-bond donors (Lipinski definition) is 2. The zero-order valence-corrected chi connectivity index (χ0v) is 9.31. The van der Waals surface area contributed by atoms with Gasteiger partial charge in [0.05, 0.1) is 4.90 Å². The van der Waals surface area contributed by atoms with Gasteiger partial charge in [0, 0.05) is 17.0 Å². The van der Waals surface area contributed by atoms with E-state index in [1.807, 2.05) is 0 Å². The van der Waals surface area contributed by atoms with Crippen molar-refractivity contribution in [3.05, 3.63) is 35.9 Å². The summed E-state index contributed by atoms with van der Waals surface area (Å²) >= 11 is 0. The Hall–Kier alpha value is -1.92. The molecule has 0 radical (unpaired) electrons. The van der Waals surface area contributed by atoms with Crippen LogP contribution in [0, 0.1) is 0 Å². The van der Waals surface area contributed by atoms with Crippen molar-refractivity contribution < 1.29 is 22.9 Å². The molecule has 0 atom stereocenters. The van der Waals surface area contributed by atoms with Crippen LogP contribution in [-0.2, 0) is 10.1 Å². The molecule has 0 aliphatic carbocycles. The minimum absolute atomic E-state index is 0.252. The maximum atomic E-state index is 11.0. The fourth-order valence-corrected chi connectivity index (χ4v) is 2.19. The van der Waals surface area contributed by atoms with Gasteiger partial charge in [-0.05, 0) is 11.5 Å². The molecule has 6 heteroatoms. The number of carbonyl (C=O) groups is 1. The Labute approximate surface area is 97.1 Å². The molecule has 0 fully saturated rings. The molecule has 88 valence electrons. The van der Waals surface area contributed by atoms with E-state index in [1.54, 1.807) is 6.07 Å². The second-order valence-electron chi connectivity index (χ2n) is 3.48. The number of hydrogen-bond acceptors (Lipinski definition) is 4. The Morgan fingerprint density at radius 1 is 1.18 bits per heavy atom. The van der Waals surface area contributed by atoms with Crippen LogP contribution in [0.15, 0.2) is 35.2 Å². The van der Waals surface area contributed by atoms with Gasteiger partial charge in [0.15, 0.2) is 6.29 Å². The first-order chi connectivity index (χ1) is 7.93. The van der Waals surface area contributed by atoms with Gasteiger partial charge in [0.2, 0.25) is 0 Å². The third kappa shape index (κ3) is 2.00. The van der Waals surface area contributed by atoms with Gasteiger partial charge >= 0.3 is 0 Å². The molecule has 2 N–H and O–H groups in total. The summed E-state index contributed by atoms with van der Waals surface area (Å²) < 4.78 is 30.8. The third-order valence-corrected chi connectivity index (χ3v) is 3.22. The lowest BCUT2D eigenvalue weighted by atomic mass is 10.0. The van der Waals surface area contributed by atoms with E-state index in [0.717, 1.165) is 6.07 Å². The summed E-state index contributed by atoms with van der Waals surface area (Å²) in [6, 6.07) is 6.69. The van der Waals surface area contributed by atoms with E-state index < -0.39 is 15.0 Å². The lowest BCUT2D eigenvalue weighted by Gasteiger charge is -2.06. The first-order valence-electron chi connectivity index (χ1n) is 4.62. The van der Waals surface area contributed by atoms with Crippen molar-refractivity contribution in [3.8, 4) is 5.75 Å². The largest absolute Gasteiger partial charge is 0.507 e. The summed E-state index contributed by atoms with van der Waals surface area (Å²) in [6.07, 6.45) is 0.565. The van der Waals surface area contributed by atoms with Crippen LogP contribution in [0.4, 0.5) is 0 Å². The topological polar surface area (TPSA) is 91.7 Å². The number of rotatable bonds is 2. The molecule has 17 heavy (non-hydrogen) atoms. The highest BCUT2D eigenvalue weighted by Gasteiger charge is 2.14. The summed E-state index contributed by atoms with van der Waals surface area (Å²) in [7, 11) is -4.38. The van der Waals surface area contributed by atoms with Crippen LogP contribution in [0.5, 0.6) is 5.75 Å². The quantitative estimate of drug-likeness (QED) is 0.625. The average Bonchev–Trinajstić information content (AvgIpc) is 2.26. The van der Waals surface area contributed by atoms with Gasteiger partial charge in [0.25, 0.3) is 10.1 Å². The number of benzene rings is 2. The van der Waals surface area contributed by atoms with Crippen LogP contribution in [-0.4, -0.2) is 24.4 Å². The van der Waals surface area contributed by atoms with Gasteiger partial charge in [-0.15, -0.1) is 0 Å². The predicted molar refractivity (Wildman–Crippen MR) is 60.8 cm³/mol. The van der Waals surface area contributed by atoms with Gasteiger partial charge in [-0.1, -0.05) is 18.2 Å². The second-order valence-corrected chi connectivity index (χ2v) is 4.90. The van der Waals surface area contributed by atoms with E-state index in [0.29, 0.717) is 11.7 Å². The lowest BCUT2D eigenvalue weighted by Crippen LogP contribution is -1.98. The van der Waals surface area contributed by atoms with Crippen molar-refractivity contribution in [2.45, 2.75) is 4.90 Å². The average molecular weight is 252 g/mol. The molecule has 0 aliphatic rings. The van der Waals surface area contributed by atoms with Crippen molar-refractivity contribution in [3.63, 3.8) is 0 Å². The summed E-state index contributed by atoms with van der Waals surface area (Å²) in [5.41, 5.74) is 0.252. The highest BCUT2D eigenvalue weighted by atomic mass is 32.2. The molecule has 0 amide bonds.